The van der Waals surface area contributed by atoms with Crippen LogP contribution < -0.4 is 10.6 Å². The van der Waals surface area contributed by atoms with Gasteiger partial charge in [-0.05, 0) is 40.0 Å². The largest absolute Gasteiger partial charge is 0.444 e. The second kappa shape index (κ2) is 11.2. The van der Waals surface area contributed by atoms with Crippen LogP contribution in [0.15, 0.2) is 15.6 Å². The Morgan fingerprint density at radius 3 is 2.53 bits per heavy atom. The number of hydrogen-bond donors (Lipinski definition) is 2. The van der Waals surface area contributed by atoms with Crippen molar-refractivity contribution in [3.8, 4) is 0 Å². The number of nitrogens with one attached hydrogen (secondary N) is 2. The molecule has 8 nitrogen and oxygen atoms in total. The Balaban J connectivity index is 0.00000450. The van der Waals surface area contributed by atoms with E-state index in [0.29, 0.717) is 24.9 Å². The molecule has 0 spiro atoms. The summed E-state index contributed by atoms with van der Waals surface area (Å²) in [5.41, 5.74) is -0.566. The SMILES string of the molecule is CN=C(NCc1ncc(C(C)(C)C)o1)NCC1CCCCN1C(=O)OC(C)(C)C.I. The van der Waals surface area contributed by atoms with Crippen molar-refractivity contribution in [1.29, 1.82) is 0 Å². The highest BCUT2D eigenvalue weighted by Gasteiger charge is 2.30. The van der Waals surface area contributed by atoms with E-state index in [1.54, 1.807) is 13.2 Å². The monoisotopic (exact) mass is 535 g/mol. The summed E-state index contributed by atoms with van der Waals surface area (Å²) in [4.78, 5) is 23.0. The second-order valence-corrected chi connectivity index (χ2v) is 9.50. The van der Waals surface area contributed by atoms with Gasteiger partial charge in [0.1, 0.15) is 11.4 Å². The number of oxazole rings is 1. The van der Waals surface area contributed by atoms with Gasteiger partial charge in [-0.25, -0.2) is 9.78 Å². The van der Waals surface area contributed by atoms with Crippen LogP contribution in [0.25, 0.3) is 0 Å². The molecular weight excluding hydrogens is 497 g/mol. The van der Waals surface area contributed by atoms with Crippen LogP contribution in [-0.4, -0.2) is 53.7 Å². The number of aromatic nitrogens is 1. The normalized spacial score (nSPS) is 17.9. The molecule has 1 atom stereocenters. The topological polar surface area (TPSA) is 92.0 Å². The average molecular weight is 535 g/mol. The van der Waals surface area contributed by atoms with Crippen LogP contribution in [0.4, 0.5) is 4.79 Å². The molecule has 1 unspecified atom stereocenters. The van der Waals surface area contributed by atoms with Crippen molar-refractivity contribution in [2.45, 2.75) is 84.4 Å². The van der Waals surface area contributed by atoms with E-state index in [1.165, 1.54) is 0 Å². The molecule has 2 heterocycles. The molecule has 0 saturated carbocycles. The molecule has 2 N–H and O–H groups in total. The number of aliphatic imine (C=N–C) groups is 1. The van der Waals surface area contributed by atoms with E-state index in [-0.39, 0.29) is 41.5 Å². The zero-order chi connectivity index (χ0) is 21.7. The van der Waals surface area contributed by atoms with Crippen LogP contribution in [0, 0.1) is 0 Å². The van der Waals surface area contributed by atoms with Crippen LogP contribution in [0.1, 0.15) is 72.5 Å². The van der Waals surface area contributed by atoms with Gasteiger partial charge in [0.25, 0.3) is 0 Å². The maximum Gasteiger partial charge on any atom is 0.410 e. The van der Waals surface area contributed by atoms with Crippen molar-refractivity contribution < 1.29 is 13.9 Å². The molecule has 9 heteroatoms. The summed E-state index contributed by atoms with van der Waals surface area (Å²) in [6.45, 7) is 13.7. The Morgan fingerprint density at radius 1 is 1.27 bits per heavy atom. The number of piperidine rings is 1. The molecule has 1 aliphatic rings. The highest BCUT2D eigenvalue weighted by Crippen LogP contribution is 2.22. The molecular formula is C21H38IN5O3. The van der Waals surface area contributed by atoms with Crippen LogP contribution in [0.5, 0.6) is 0 Å². The minimum atomic E-state index is -0.494. The summed E-state index contributed by atoms with van der Waals surface area (Å²) in [7, 11) is 1.72. The van der Waals surface area contributed by atoms with Gasteiger partial charge in [-0.2, -0.15) is 0 Å². The number of guanidine groups is 1. The van der Waals surface area contributed by atoms with Crippen LogP contribution >= 0.6 is 24.0 Å². The van der Waals surface area contributed by atoms with Gasteiger partial charge >= 0.3 is 6.09 Å². The first kappa shape index (κ1) is 26.5. The van der Waals surface area contributed by atoms with Crippen molar-refractivity contribution in [2.24, 2.45) is 4.99 Å². The van der Waals surface area contributed by atoms with Gasteiger partial charge in [0.15, 0.2) is 5.96 Å². The Labute approximate surface area is 197 Å². The van der Waals surface area contributed by atoms with Crippen molar-refractivity contribution in [1.82, 2.24) is 20.5 Å². The third-order valence-electron chi connectivity index (χ3n) is 4.68. The number of nitrogens with zero attached hydrogens (tertiary/aromatic N) is 3. The molecule has 0 aromatic carbocycles. The predicted molar refractivity (Wildman–Crippen MR) is 129 cm³/mol. The summed E-state index contributed by atoms with van der Waals surface area (Å²) in [5.74, 6) is 2.12. The van der Waals surface area contributed by atoms with E-state index >= 15 is 0 Å². The number of rotatable bonds is 4. The first-order valence-corrected chi connectivity index (χ1v) is 10.4. The lowest BCUT2D eigenvalue weighted by molar-refractivity contribution is 0.0104. The summed E-state index contributed by atoms with van der Waals surface area (Å²) >= 11 is 0. The van der Waals surface area contributed by atoms with Crippen LogP contribution in [0.3, 0.4) is 0 Å². The Kier molecular flexibility index (Phi) is 9.90. The summed E-state index contributed by atoms with van der Waals surface area (Å²) in [6, 6.07) is 0.0754. The number of carbonyl (C=O) groups excluding carboxylic acids is 1. The van der Waals surface area contributed by atoms with Gasteiger partial charge in [-0.3, -0.25) is 4.99 Å². The first-order chi connectivity index (χ1) is 13.5. The number of ether oxygens (including phenoxy) is 1. The molecule has 2 rings (SSSR count). The molecule has 1 aliphatic heterocycles. The van der Waals surface area contributed by atoms with Crippen molar-refractivity contribution in [3.05, 3.63) is 17.8 Å². The van der Waals surface area contributed by atoms with Crippen molar-refractivity contribution >= 4 is 36.0 Å². The number of carbonyl (C=O) groups is 1. The zero-order valence-corrected chi connectivity index (χ0v) is 21.7. The third-order valence-corrected chi connectivity index (χ3v) is 4.68. The van der Waals surface area contributed by atoms with Crippen LogP contribution in [-0.2, 0) is 16.7 Å². The van der Waals surface area contributed by atoms with Crippen molar-refractivity contribution in [3.63, 3.8) is 0 Å². The van der Waals surface area contributed by atoms with Gasteiger partial charge in [-0.15, -0.1) is 24.0 Å². The van der Waals surface area contributed by atoms with Crippen LogP contribution in [0.2, 0.25) is 0 Å². The number of likely N-dealkylation sites (tertiary alicyclic amines) is 1. The summed E-state index contributed by atoms with van der Waals surface area (Å²) < 4.78 is 11.4. The van der Waals surface area contributed by atoms with E-state index in [2.05, 4.69) is 41.4 Å². The maximum atomic E-state index is 12.5. The first-order valence-electron chi connectivity index (χ1n) is 10.4. The number of hydrogen-bond acceptors (Lipinski definition) is 5. The van der Waals surface area contributed by atoms with Gasteiger partial charge in [0, 0.05) is 25.6 Å². The quantitative estimate of drug-likeness (QED) is 0.344. The molecule has 1 amide bonds. The van der Waals surface area contributed by atoms with E-state index in [9.17, 15) is 4.79 Å². The molecule has 0 bridgehead atoms. The molecule has 0 aliphatic carbocycles. The van der Waals surface area contributed by atoms with Gasteiger partial charge in [-0.1, -0.05) is 20.8 Å². The minimum Gasteiger partial charge on any atom is -0.444 e. The van der Waals surface area contributed by atoms with E-state index < -0.39 is 5.60 Å². The fourth-order valence-corrected chi connectivity index (χ4v) is 3.11. The highest BCUT2D eigenvalue weighted by molar-refractivity contribution is 14.0. The summed E-state index contributed by atoms with van der Waals surface area (Å²) in [5, 5.41) is 6.53. The zero-order valence-electron chi connectivity index (χ0n) is 19.4. The standard InChI is InChI=1S/C21H37N5O3.HI/c1-20(2,3)16-13-23-17(28-16)14-25-18(22-7)24-12-15-10-8-9-11-26(15)19(27)29-21(4,5)6;/h13,15H,8-12,14H2,1-7H3,(H2,22,24,25);1H. The molecule has 172 valence electrons. The fraction of sp³-hybridized carbons (Fsp3) is 0.762. The summed E-state index contributed by atoms with van der Waals surface area (Å²) in [6.07, 6.45) is 4.57. The number of amides is 1. The smallest absolute Gasteiger partial charge is 0.410 e. The Morgan fingerprint density at radius 2 is 1.97 bits per heavy atom. The van der Waals surface area contributed by atoms with E-state index in [4.69, 9.17) is 9.15 Å². The molecule has 1 fully saturated rings. The lowest BCUT2D eigenvalue weighted by atomic mass is 9.94. The second-order valence-electron chi connectivity index (χ2n) is 9.50. The van der Waals surface area contributed by atoms with Gasteiger partial charge in [0.05, 0.1) is 18.8 Å². The Hall–Kier alpha value is -1.52. The lowest BCUT2D eigenvalue weighted by Crippen LogP contribution is -2.52. The lowest BCUT2D eigenvalue weighted by Gasteiger charge is -2.37. The molecule has 1 aromatic rings. The van der Waals surface area contributed by atoms with Crippen molar-refractivity contribution in [2.75, 3.05) is 20.1 Å². The molecule has 0 radical (unpaired) electrons. The number of halogens is 1. The van der Waals surface area contributed by atoms with E-state index in [1.807, 2.05) is 25.7 Å². The Bertz CT molecular complexity index is 706. The highest BCUT2D eigenvalue weighted by atomic mass is 127. The maximum absolute atomic E-state index is 12.5. The third kappa shape index (κ3) is 8.31. The fourth-order valence-electron chi connectivity index (χ4n) is 3.11. The molecule has 30 heavy (non-hydrogen) atoms. The molecule has 1 saturated heterocycles. The van der Waals surface area contributed by atoms with Gasteiger partial charge < -0.3 is 24.7 Å². The minimum absolute atomic E-state index is 0. The van der Waals surface area contributed by atoms with Gasteiger partial charge in [0.2, 0.25) is 5.89 Å². The molecule has 1 aromatic heterocycles. The average Bonchev–Trinajstić information content (AvgIpc) is 3.10. The predicted octanol–water partition coefficient (Wildman–Crippen LogP) is 4.04. The van der Waals surface area contributed by atoms with E-state index in [0.717, 1.165) is 31.6 Å².